The molecular formula is C13H21NO2S2. The molecule has 1 atom stereocenters. The summed E-state index contributed by atoms with van der Waals surface area (Å²) in [6, 6.07) is 7.35. The maximum atomic E-state index is 11.3. The molecule has 0 fully saturated rings. The van der Waals surface area contributed by atoms with Crippen LogP contribution in [0.25, 0.3) is 0 Å². The van der Waals surface area contributed by atoms with Gasteiger partial charge in [-0.1, -0.05) is 6.92 Å². The van der Waals surface area contributed by atoms with Crippen molar-refractivity contribution in [2.45, 2.75) is 42.0 Å². The van der Waals surface area contributed by atoms with E-state index in [0.29, 0.717) is 10.9 Å². The van der Waals surface area contributed by atoms with Gasteiger partial charge in [0.25, 0.3) is 0 Å². The monoisotopic (exact) mass is 287 g/mol. The Kier molecular flexibility index (Phi) is 6.18. The summed E-state index contributed by atoms with van der Waals surface area (Å²) in [7, 11) is -3.09. The lowest BCUT2D eigenvalue weighted by Crippen LogP contribution is -2.18. The number of benzene rings is 1. The lowest BCUT2D eigenvalue weighted by Gasteiger charge is -2.07. The maximum Gasteiger partial charge on any atom is 0.175 e. The van der Waals surface area contributed by atoms with Crippen LogP contribution in [0.5, 0.6) is 0 Å². The first-order valence-corrected chi connectivity index (χ1v) is 8.99. The van der Waals surface area contributed by atoms with Crippen molar-refractivity contribution in [2.75, 3.05) is 12.0 Å². The molecule has 1 unspecified atom stereocenters. The van der Waals surface area contributed by atoms with E-state index in [2.05, 4.69) is 6.92 Å². The quantitative estimate of drug-likeness (QED) is 0.619. The SMILES string of the molecule is CCC(N)CCCSc1ccc(S(C)(=O)=O)cc1. The zero-order valence-electron chi connectivity index (χ0n) is 10.9. The molecule has 3 nitrogen and oxygen atoms in total. The van der Waals surface area contributed by atoms with Crippen molar-refractivity contribution in [3.05, 3.63) is 24.3 Å². The van der Waals surface area contributed by atoms with Gasteiger partial charge in [0, 0.05) is 17.2 Å². The number of thioether (sulfide) groups is 1. The van der Waals surface area contributed by atoms with Crippen LogP contribution in [0.3, 0.4) is 0 Å². The average Bonchev–Trinajstić information content (AvgIpc) is 2.33. The molecule has 18 heavy (non-hydrogen) atoms. The topological polar surface area (TPSA) is 60.2 Å². The van der Waals surface area contributed by atoms with E-state index in [1.165, 1.54) is 6.26 Å². The minimum Gasteiger partial charge on any atom is -0.328 e. The molecule has 0 amide bonds. The molecule has 0 aromatic heterocycles. The molecule has 0 heterocycles. The van der Waals surface area contributed by atoms with Gasteiger partial charge in [-0.25, -0.2) is 8.42 Å². The van der Waals surface area contributed by atoms with Gasteiger partial charge in [-0.3, -0.25) is 0 Å². The standard InChI is InChI=1S/C13H21NO2S2/c1-3-11(14)5-4-10-17-12-6-8-13(9-7-12)18(2,15)16/h6-9,11H,3-5,10,14H2,1-2H3. The van der Waals surface area contributed by atoms with E-state index in [1.54, 1.807) is 23.9 Å². The third kappa shape index (κ3) is 5.42. The number of sulfone groups is 1. The molecule has 2 N–H and O–H groups in total. The van der Waals surface area contributed by atoms with Gasteiger partial charge in [0.15, 0.2) is 9.84 Å². The molecule has 0 aliphatic carbocycles. The third-order valence-corrected chi connectivity index (χ3v) is 4.99. The molecule has 0 aliphatic heterocycles. The number of hydrogen-bond acceptors (Lipinski definition) is 4. The van der Waals surface area contributed by atoms with Gasteiger partial charge in [-0.15, -0.1) is 11.8 Å². The Hall–Kier alpha value is -0.520. The summed E-state index contributed by atoms with van der Waals surface area (Å²) >= 11 is 1.74. The fraction of sp³-hybridized carbons (Fsp3) is 0.538. The summed E-state index contributed by atoms with van der Waals surface area (Å²) in [4.78, 5) is 1.48. The highest BCUT2D eigenvalue weighted by atomic mass is 32.2. The van der Waals surface area contributed by atoms with Gasteiger partial charge in [-0.2, -0.15) is 0 Å². The Morgan fingerprint density at radius 2 is 1.89 bits per heavy atom. The second-order valence-corrected chi connectivity index (χ2v) is 7.59. The predicted molar refractivity (Wildman–Crippen MR) is 77.8 cm³/mol. The Labute approximate surface area is 114 Å². The Bertz CT molecular complexity index is 454. The van der Waals surface area contributed by atoms with Crippen LogP contribution >= 0.6 is 11.8 Å². The number of nitrogens with two attached hydrogens (primary N) is 1. The van der Waals surface area contributed by atoms with E-state index in [-0.39, 0.29) is 0 Å². The normalized spacial score (nSPS) is 13.5. The summed E-state index contributed by atoms with van der Waals surface area (Å²) in [5.41, 5.74) is 5.84. The molecule has 0 bridgehead atoms. The minimum atomic E-state index is -3.09. The molecule has 1 aromatic rings. The Morgan fingerprint density at radius 1 is 1.28 bits per heavy atom. The average molecular weight is 287 g/mol. The van der Waals surface area contributed by atoms with Crippen molar-refractivity contribution in [1.82, 2.24) is 0 Å². The Morgan fingerprint density at radius 3 is 2.39 bits per heavy atom. The molecule has 0 aliphatic rings. The highest BCUT2D eigenvalue weighted by Crippen LogP contribution is 2.21. The lowest BCUT2D eigenvalue weighted by molar-refractivity contribution is 0.589. The first-order valence-electron chi connectivity index (χ1n) is 6.12. The van der Waals surface area contributed by atoms with Crippen LogP contribution in [0.1, 0.15) is 26.2 Å². The molecule has 1 aromatic carbocycles. The van der Waals surface area contributed by atoms with Gasteiger partial charge in [0.05, 0.1) is 4.90 Å². The largest absolute Gasteiger partial charge is 0.328 e. The van der Waals surface area contributed by atoms with Crippen LogP contribution in [0.4, 0.5) is 0 Å². The minimum absolute atomic E-state index is 0.304. The van der Waals surface area contributed by atoms with Crippen LogP contribution < -0.4 is 5.73 Å². The Balaban J connectivity index is 2.40. The van der Waals surface area contributed by atoms with E-state index in [1.807, 2.05) is 12.1 Å². The molecule has 0 radical (unpaired) electrons. The van der Waals surface area contributed by atoms with Gasteiger partial charge in [0.2, 0.25) is 0 Å². The van der Waals surface area contributed by atoms with Crippen molar-refractivity contribution >= 4 is 21.6 Å². The summed E-state index contributed by atoms with van der Waals surface area (Å²) in [5, 5.41) is 0. The van der Waals surface area contributed by atoms with Crippen molar-refractivity contribution in [3.63, 3.8) is 0 Å². The van der Waals surface area contributed by atoms with Crippen molar-refractivity contribution < 1.29 is 8.42 Å². The zero-order chi connectivity index (χ0) is 13.6. The summed E-state index contributed by atoms with van der Waals surface area (Å²) in [6.07, 6.45) is 4.38. The van der Waals surface area contributed by atoms with E-state index in [9.17, 15) is 8.42 Å². The highest BCUT2D eigenvalue weighted by molar-refractivity contribution is 7.99. The molecule has 102 valence electrons. The predicted octanol–water partition coefficient (Wildman–Crippen LogP) is 2.70. The van der Waals surface area contributed by atoms with E-state index < -0.39 is 9.84 Å². The van der Waals surface area contributed by atoms with Crippen LogP contribution in [-0.2, 0) is 9.84 Å². The smallest absolute Gasteiger partial charge is 0.175 e. The first kappa shape index (κ1) is 15.5. The molecule has 1 rings (SSSR count). The van der Waals surface area contributed by atoms with Crippen molar-refractivity contribution in [2.24, 2.45) is 5.73 Å². The highest BCUT2D eigenvalue weighted by Gasteiger charge is 2.06. The third-order valence-electron chi connectivity index (χ3n) is 2.76. The van der Waals surface area contributed by atoms with Gasteiger partial charge >= 0.3 is 0 Å². The van der Waals surface area contributed by atoms with Crippen LogP contribution in [0, 0.1) is 0 Å². The van der Waals surface area contributed by atoms with Gasteiger partial charge in [-0.05, 0) is 49.3 Å². The van der Waals surface area contributed by atoms with Gasteiger partial charge < -0.3 is 5.73 Å². The maximum absolute atomic E-state index is 11.3. The molecular weight excluding hydrogens is 266 g/mol. The summed E-state index contributed by atoms with van der Waals surface area (Å²) < 4.78 is 22.6. The van der Waals surface area contributed by atoms with Crippen molar-refractivity contribution in [1.29, 1.82) is 0 Å². The summed E-state index contributed by atoms with van der Waals surface area (Å²) in [5.74, 6) is 1.02. The molecule has 0 spiro atoms. The fourth-order valence-corrected chi connectivity index (χ4v) is 3.03. The summed E-state index contributed by atoms with van der Waals surface area (Å²) in [6.45, 7) is 2.10. The van der Waals surface area contributed by atoms with E-state index in [4.69, 9.17) is 5.73 Å². The van der Waals surface area contributed by atoms with Crippen LogP contribution in [-0.4, -0.2) is 26.5 Å². The van der Waals surface area contributed by atoms with Gasteiger partial charge in [0.1, 0.15) is 0 Å². The van der Waals surface area contributed by atoms with E-state index >= 15 is 0 Å². The van der Waals surface area contributed by atoms with Crippen LogP contribution in [0.2, 0.25) is 0 Å². The van der Waals surface area contributed by atoms with Crippen molar-refractivity contribution in [3.8, 4) is 0 Å². The number of rotatable bonds is 7. The lowest BCUT2D eigenvalue weighted by atomic mass is 10.1. The molecule has 5 heteroatoms. The first-order chi connectivity index (χ1) is 8.43. The molecule has 0 saturated carbocycles. The second-order valence-electron chi connectivity index (χ2n) is 4.40. The molecule has 0 saturated heterocycles. The second kappa shape index (κ2) is 7.16. The van der Waals surface area contributed by atoms with Crippen LogP contribution in [0.15, 0.2) is 34.1 Å². The fourth-order valence-electron chi connectivity index (χ4n) is 1.52. The van der Waals surface area contributed by atoms with E-state index in [0.717, 1.165) is 29.9 Å². The zero-order valence-corrected chi connectivity index (χ0v) is 12.6. The number of hydrogen-bond donors (Lipinski definition) is 1.